The first-order valence-corrected chi connectivity index (χ1v) is 7.81. The Morgan fingerprint density at radius 1 is 1.00 bits per heavy atom. The van der Waals surface area contributed by atoms with Crippen LogP contribution < -0.4 is 15.4 Å². The third-order valence-electron chi connectivity index (χ3n) is 4.51. The highest BCUT2D eigenvalue weighted by Crippen LogP contribution is 2.40. The smallest absolute Gasteiger partial charge is 0.229 e. The van der Waals surface area contributed by atoms with Gasteiger partial charge in [0.25, 0.3) is 0 Å². The topological polar surface area (TPSA) is 59.6 Å². The zero-order chi connectivity index (χ0) is 16.8. The molecule has 0 amide bonds. The van der Waals surface area contributed by atoms with E-state index in [9.17, 15) is 4.79 Å². The van der Waals surface area contributed by atoms with Gasteiger partial charge in [0.2, 0.25) is 11.7 Å². The Morgan fingerprint density at radius 2 is 1.62 bits per heavy atom. The van der Waals surface area contributed by atoms with Crippen molar-refractivity contribution in [3.63, 3.8) is 0 Å². The van der Waals surface area contributed by atoms with Gasteiger partial charge in [-0.3, -0.25) is 4.79 Å². The highest BCUT2D eigenvalue weighted by Gasteiger charge is 2.39. The van der Waals surface area contributed by atoms with Gasteiger partial charge in [0.05, 0.1) is 18.5 Å². The summed E-state index contributed by atoms with van der Waals surface area (Å²) in [7, 11) is 1.61. The molecule has 0 bridgehead atoms. The zero-order valence-corrected chi connectivity index (χ0v) is 13.8. The number of anilines is 2. The summed E-state index contributed by atoms with van der Waals surface area (Å²) >= 11 is 0. The van der Waals surface area contributed by atoms with Crippen LogP contribution in [0.25, 0.3) is 0 Å². The van der Waals surface area contributed by atoms with E-state index < -0.39 is 6.10 Å². The molecule has 0 aromatic heterocycles. The maximum Gasteiger partial charge on any atom is 0.229 e. The second kappa shape index (κ2) is 5.30. The standard InChI is InChI=1S/C19H18N2O3/c1-10-8-14-15(9-11(10)2)21-19-16(20-14)17(22)18(24-19)12-4-6-13(23-3)7-5-12/h4-9,18,20-21H,1-3H3/t18-/m1/s1. The summed E-state index contributed by atoms with van der Waals surface area (Å²) < 4.78 is 11.0. The second-order valence-electron chi connectivity index (χ2n) is 6.07. The molecule has 5 heteroatoms. The summed E-state index contributed by atoms with van der Waals surface area (Å²) in [4.78, 5) is 12.7. The number of hydrogen-bond acceptors (Lipinski definition) is 5. The molecule has 122 valence electrons. The van der Waals surface area contributed by atoms with Crippen LogP contribution in [0.15, 0.2) is 48.0 Å². The average molecular weight is 322 g/mol. The number of benzene rings is 2. The van der Waals surface area contributed by atoms with Crippen molar-refractivity contribution >= 4 is 17.2 Å². The largest absolute Gasteiger partial charge is 0.497 e. The van der Waals surface area contributed by atoms with Crippen molar-refractivity contribution in [2.45, 2.75) is 20.0 Å². The van der Waals surface area contributed by atoms with Crippen molar-refractivity contribution in [3.8, 4) is 5.75 Å². The lowest BCUT2D eigenvalue weighted by Gasteiger charge is -2.21. The predicted octanol–water partition coefficient (Wildman–Crippen LogP) is 3.66. The normalized spacial score (nSPS) is 18.3. The number of carbonyl (C=O) groups is 1. The summed E-state index contributed by atoms with van der Waals surface area (Å²) in [5.41, 5.74) is 5.44. The van der Waals surface area contributed by atoms with E-state index >= 15 is 0 Å². The third-order valence-corrected chi connectivity index (χ3v) is 4.51. The Balaban J connectivity index is 1.63. The maximum absolute atomic E-state index is 12.7. The van der Waals surface area contributed by atoms with E-state index in [4.69, 9.17) is 9.47 Å². The number of hydrogen-bond donors (Lipinski definition) is 2. The lowest BCUT2D eigenvalue weighted by molar-refractivity contribution is -0.121. The number of rotatable bonds is 2. The Labute approximate surface area is 140 Å². The van der Waals surface area contributed by atoms with Gasteiger partial charge >= 0.3 is 0 Å². The molecule has 2 aliphatic rings. The molecule has 1 atom stereocenters. The van der Waals surface area contributed by atoms with E-state index in [1.807, 2.05) is 37.3 Å². The highest BCUT2D eigenvalue weighted by atomic mass is 16.5. The molecule has 2 heterocycles. The molecule has 0 fully saturated rings. The van der Waals surface area contributed by atoms with Gasteiger partial charge < -0.3 is 20.1 Å². The van der Waals surface area contributed by atoms with Gasteiger partial charge in [0, 0.05) is 5.56 Å². The van der Waals surface area contributed by atoms with Crippen LogP contribution in [0.2, 0.25) is 0 Å². The monoisotopic (exact) mass is 322 g/mol. The van der Waals surface area contributed by atoms with Gasteiger partial charge in [0.15, 0.2) is 6.10 Å². The van der Waals surface area contributed by atoms with Crippen molar-refractivity contribution < 1.29 is 14.3 Å². The molecule has 0 radical (unpaired) electrons. The fraction of sp³-hybridized carbons (Fsp3) is 0.211. The molecule has 4 rings (SSSR count). The quantitative estimate of drug-likeness (QED) is 0.883. The van der Waals surface area contributed by atoms with Crippen molar-refractivity contribution in [1.82, 2.24) is 0 Å². The second-order valence-corrected chi connectivity index (χ2v) is 6.07. The predicted molar refractivity (Wildman–Crippen MR) is 92.0 cm³/mol. The number of nitrogens with one attached hydrogen (secondary N) is 2. The summed E-state index contributed by atoms with van der Waals surface area (Å²) in [6, 6.07) is 11.4. The van der Waals surface area contributed by atoms with Crippen LogP contribution >= 0.6 is 0 Å². The first-order valence-electron chi connectivity index (χ1n) is 7.81. The van der Waals surface area contributed by atoms with Crippen molar-refractivity contribution in [2.24, 2.45) is 0 Å². The summed E-state index contributed by atoms with van der Waals surface area (Å²) in [6.07, 6.45) is -0.641. The Kier molecular flexibility index (Phi) is 3.23. The van der Waals surface area contributed by atoms with E-state index in [0.29, 0.717) is 11.6 Å². The van der Waals surface area contributed by atoms with Crippen molar-refractivity contribution in [3.05, 3.63) is 64.7 Å². The molecular formula is C19H18N2O3. The van der Waals surface area contributed by atoms with Crippen LogP contribution in [0.3, 0.4) is 0 Å². The van der Waals surface area contributed by atoms with Crippen LogP contribution in [0.5, 0.6) is 5.75 Å². The van der Waals surface area contributed by atoms with Crippen molar-refractivity contribution in [1.29, 1.82) is 0 Å². The lowest BCUT2D eigenvalue weighted by Crippen LogP contribution is -2.18. The minimum Gasteiger partial charge on any atom is -0.497 e. The van der Waals surface area contributed by atoms with Gasteiger partial charge in [-0.25, -0.2) is 0 Å². The molecule has 0 aliphatic carbocycles. The first-order chi connectivity index (χ1) is 11.6. The molecule has 0 spiro atoms. The Morgan fingerprint density at radius 3 is 2.25 bits per heavy atom. The van der Waals surface area contributed by atoms with E-state index in [1.54, 1.807) is 7.11 Å². The highest BCUT2D eigenvalue weighted by molar-refractivity contribution is 6.06. The number of aryl methyl sites for hydroxylation is 2. The molecular weight excluding hydrogens is 304 g/mol. The number of methoxy groups -OCH3 is 1. The van der Waals surface area contributed by atoms with E-state index in [1.165, 1.54) is 11.1 Å². The summed E-state index contributed by atoms with van der Waals surface area (Å²) in [5, 5.41) is 6.45. The van der Waals surface area contributed by atoms with Crippen LogP contribution in [0, 0.1) is 13.8 Å². The molecule has 2 aromatic carbocycles. The molecule has 2 N–H and O–H groups in total. The number of carbonyl (C=O) groups excluding carboxylic acids is 1. The number of ether oxygens (including phenoxy) is 2. The van der Waals surface area contributed by atoms with Crippen molar-refractivity contribution in [2.75, 3.05) is 17.7 Å². The third kappa shape index (κ3) is 2.21. The average Bonchev–Trinajstić information content (AvgIpc) is 2.90. The summed E-state index contributed by atoms with van der Waals surface area (Å²) in [5.74, 6) is 1.15. The van der Waals surface area contributed by atoms with Gasteiger partial charge in [-0.2, -0.15) is 0 Å². The Hall–Kier alpha value is -2.95. The summed E-state index contributed by atoms with van der Waals surface area (Å²) in [6.45, 7) is 4.11. The van der Waals surface area contributed by atoms with Crippen LogP contribution in [0.1, 0.15) is 22.8 Å². The van der Waals surface area contributed by atoms with Crippen LogP contribution in [-0.4, -0.2) is 12.9 Å². The number of Topliss-reactive ketones (excluding diaryl/α,β-unsaturated/α-hetero) is 1. The molecule has 2 aliphatic heterocycles. The van der Waals surface area contributed by atoms with Gasteiger partial charge in [0.1, 0.15) is 11.4 Å². The SMILES string of the molecule is COc1ccc([C@H]2OC3=C(Nc4cc(C)c(C)cc4N3)C2=O)cc1. The number of ketones is 1. The minimum absolute atomic E-state index is 0.0773. The fourth-order valence-electron chi connectivity index (χ4n) is 2.96. The van der Waals surface area contributed by atoms with E-state index in [0.717, 1.165) is 22.7 Å². The molecule has 5 nitrogen and oxygen atoms in total. The maximum atomic E-state index is 12.7. The fourth-order valence-corrected chi connectivity index (χ4v) is 2.96. The molecule has 0 unspecified atom stereocenters. The molecule has 2 aromatic rings. The molecule has 0 saturated heterocycles. The number of fused-ring (bicyclic) bond motifs is 1. The van der Waals surface area contributed by atoms with E-state index in [2.05, 4.69) is 23.6 Å². The Bertz CT molecular complexity index is 869. The molecule has 24 heavy (non-hydrogen) atoms. The lowest BCUT2D eigenvalue weighted by atomic mass is 10.0. The first kappa shape index (κ1) is 14.6. The zero-order valence-electron chi connectivity index (χ0n) is 13.8. The van der Waals surface area contributed by atoms with Crippen LogP contribution in [0.4, 0.5) is 11.4 Å². The van der Waals surface area contributed by atoms with Crippen LogP contribution in [-0.2, 0) is 9.53 Å². The van der Waals surface area contributed by atoms with Gasteiger partial charge in [-0.1, -0.05) is 12.1 Å². The van der Waals surface area contributed by atoms with Gasteiger partial charge in [-0.05, 0) is 49.2 Å². The minimum atomic E-state index is -0.641. The van der Waals surface area contributed by atoms with E-state index in [-0.39, 0.29) is 5.78 Å². The van der Waals surface area contributed by atoms with Gasteiger partial charge in [-0.15, -0.1) is 0 Å². The molecule has 0 saturated carbocycles.